The summed E-state index contributed by atoms with van der Waals surface area (Å²) in [6, 6.07) is 6.75. The SMILES string of the molecule is CC(=O)OC(C)(C)C.CCCC(CCC(C)CC)n1cc(C#N)c2c(Nc3ccc(C(=O)N(C)C)cc3F)ncnc21. The Bertz CT molecular complexity index is 1400. The number of ether oxygens (including phenoxy) is 1. The maximum atomic E-state index is 14.8. The highest BCUT2D eigenvalue weighted by Gasteiger charge is 2.21. The van der Waals surface area contributed by atoms with Gasteiger partial charge in [-0.25, -0.2) is 14.4 Å². The van der Waals surface area contributed by atoms with E-state index in [1.54, 1.807) is 20.2 Å². The third-order valence-corrected chi connectivity index (χ3v) is 6.76. The van der Waals surface area contributed by atoms with Crippen molar-refractivity contribution in [1.29, 1.82) is 5.26 Å². The number of fused-ring (bicyclic) bond motifs is 1. The normalized spacial score (nSPS) is 12.5. The van der Waals surface area contributed by atoms with E-state index >= 15 is 0 Å². The van der Waals surface area contributed by atoms with Gasteiger partial charge in [-0.3, -0.25) is 9.59 Å². The summed E-state index contributed by atoms with van der Waals surface area (Å²) >= 11 is 0. The molecule has 0 bridgehead atoms. The van der Waals surface area contributed by atoms with Gasteiger partial charge >= 0.3 is 5.97 Å². The van der Waals surface area contributed by atoms with Gasteiger partial charge in [0.15, 0.2) is 0 Å². The van der Waals surface area contributed by atoms with Crippen molar-refractivity contribution in [3.63, 3.8) is 0 Å². The average Bonchev–Trinajstić information content (AvgIpc) is 3.30. The number of amides is 1. The molecule has 0 aliphatic heterocycles. The first-order chi connectivity index (χ1) is 19.7. The second-order valence-electron chi connectivity index (χ2n) is 11.7. The lowest BCUT2D eigenvalue weighted by Gasteiger charge is -2.21. The fraction of sp³-hybridized carbons (Fsp3) is 0.531. The molecule has 1 aromatic carbocycles. The maximum absolute atomic E-state index is 14.8. The van der Waals surface area contributed by atoms with Gasteiger partial charge in [0.25, 0.3) is 5.91 Å². The Kier molecular flexibility index (Phi) is 12.5. The monoisotopic (exact) mass is 580 g/mol. The van der Waals surface area contributed by atoms with Gasteiger partial charge in [0, 0.05) is 38.8 Å². The Morgan fingerprint density at radius 2 is 1.86 bits per heavy atom. The molecule has 10 heteroatoms. The standard InChI is InChI=1S/C26H33FN6O.C6H12O2/c1-6-8-20(11-9-17(3)7-2)33-15-19(14-28)23-24(29-16-30-25(23)33)31-22-12-10-18(13-21(22)27)26(34)32(4)5;1-5(7)8-6(2,3)4/h10,12-13,15-17,20H,6-9,11H2,1-5H3,(H,29,30,31);1-4H3. The molecule has 0 radical (unpaired) electrons. The van der Waals surface area contributed by atoms with Crippen LogP contribution in [0.4, 0.5) is 15.9 Å². The summed E-state index contributed by atoms with van der Waals surface area (Å²) in [4.78, 5) is 32.6. The lowest BCUT2D eigenvalue weighted by atomic mass is 9.97. The van der Waals surface area contributed by atoms with Crippen LogP contribution in [-0.4, -0.2) is 51.0 Å². The topological polar surface area (TPSA) is 113 Å². The largest absolute Gasteiger partial charge is 0.460 e. The smallest absolute Gasteiger partial charge is 0.303 e. The van der Waals surface area contributed by atoms with Crippen molar-refractivity contribution in [2.75, 3.05) is 19.4 Å². The Morgan fingerprint density at radius 1 is 1.17 bits per heavy atom. The number of hydrogen-bond acceptors (Lipinski definition) is 7. The van der Waals surface area contributed by atoms with Crippen molar-refractivity contribution in [3.8, 4) is 6.07 Å². The zero-order chi connectivity index (χ0) is 31.6. The van der Waals surface area contributed by atoms with E-state index in [4.69, 9.17) is 4.74 Å². The predicted molar refractivity (Wildman–Crippen MR) is 164 cm³/mol. The van der Waals surface area contributed by atoms with Crippen LogP contribution >= 0.6 is 0 Å². The van der Waals surface area contributed by atoms with Gasteiger partial charge in [-0.2, -0.15) is 5.26 Å². The molecule has 9 nitrogen and oxygen atoms in total. The van der Waals surface area contributed by atoms with Crippen molar-refractivity contribution in [2.24, 2.45) is 5.92 Å². The second kappa shape index (κ2) is 15.3. The van der Waals surface area contributed by atoms with Crippen molar-refractivity contribution >= 4 is 34.4 Å². The van der Waals surface area contributed by atoms with Crippen LogP contribution in [0.2, 0.25) is 0 Å². The number of benzene rings is 1. The van der Waals surface area contributed by atoms with E-state index in [2.05, 4.69) is 46.7 Å². The van der Waals surface area contributed by atoms with Gasteiger partial charge in [-0.15, -0.1) is 0 Å². The highest BCUT2D eigenvalue weighted by atomic mass is 19.1. The molecule has 3 rings (SSSR count). The lowest BCUT2D eigenvalue weighted by molar-refractivity contribution is -0.151. The van der Waals surface area contributed by atoms with E-state index in [1.165, 1.54) is 30.3 Å². The summed E-state index contributed by atoms with van der Waals surface area (Å²) in [5.74, 6) is -0.0812. The molecule has 2 aromatic heterocycles. The summed E-state index contributed by atoms with van der Waals surface area (Å²) in [5.41, 5.74) is 1.22. The minimum absolute atomic E-state index is 0.175. The van der Waals surface area contributed by atoms with Crippen LogP contribution < -0.4 is 5.32 Å². The van der Waals surface area contributed by atoms with Crippen LogP contribution in [-0.2, 0) is 9.53 Å². The van der Waals surface area contributed by atoms with E-state index in [1.807, 2.05) is 27.0 Å². The summed E-state index contributed by atoms with van der Waals surface area (Å²) < 4.78 is 21.7. The van der Waals surface area contributed by atoms with Crippen LogP contribution in [0.15, 0.2) is 30.7 Å². The molecule has 1 amide bonds. The molecular weight excluding hydrogens is 535 g/mol. The fourth-order valence-corrected chi connectivity index (χ4v) is 4.55. The number of carbonyl (C=O) groups is 2. The summed E-state index contributed by atoms with van der Waals surface area (Å²) in [5, 5.41) is 13.4. The van der Waals surface area contributed by atoms with E-state index in [0.717, 1.165) is 32.1 Å². The third-order valence-electron chi connectivity index (χ3n) is 6.76. The molecular formula is C32H45FN6O3. The van der Waals surface area contributed by atoms with Crippen molar-refractivity contribution in [2.45, 2.75) is 92.2 Å². The number of nitriles is 1. The van der Waals surface area contributed by atoms with Crippen LogP contribution in [0.25, 0.3) is 11.0 Å². The number of esters is 1. The number of nitrogens with one attached hydrogen (secondary N) is 1. The van der Waals surface area contributed by atoms with Gasteiger partial charge in [-0.1, -0.05) is 33.6 Å². The van der Waals surface area contributed by atoms with Crippen LogP contribution in [0.5, 0.6) is 0 Å². The molecule has 0 spiro atoms. The minimum Gasteiger partial charge on any atom is -0.460 e. The summed E-state index contributed by atoms with van der Waals surface area (Å²) in [6.45, 7) is 13.5. The molecule has 0 aliphatic carbocycles. The maximum Gasteiger partial charge on any atom is 0.303 e. The predicted octanol–water partition coefficient (Wildman–Crippen LogP) is 7.40. The van der Waals surface area contributed by atoms with E-state index in [9.17, 15) is 19.2 Å². The molecule has 0 saturated heterocycles. The molecule has 3 aromatic rings. The molecule has 2 heterocycles. The molecule has 42 heavy (non-hydrogen) atoms. The molecule has 228 valence electrons. The fourth-order valence-electron chi connectivity index (χ4n) is 4.55. The highest BCUT2D eigenvalue weighted by molar-refractivity contribution is 5.96. The second-order valence-corrected chi connectivity index (χ2v) is 11.7. The van der Waals surface area contributed by atoms with Crippen molar-refractivity contribution in [3.05, 3.63) is 47.7 Å². The first kappa shape index (κ1) is 34.2. The Balaban J connectivity index is 0.000000675. The van der Waals surface area contributed by atoms with Gasteiger partial charge < -0.3 is 19.5 Å². The molecule has 2 atom stereocenters. The van der Waals surface area contributed by atoms with Gasteiger partial charge in [-0.05, 0) is 64.2 Å². The quantitative estimate of drug-likeness (QED) is 0.249. The first-order valence-electron chi connectivity index (χ1n) is 14.5. The van der Waals surface area contributed by atoms with Crippen LogP contribution in [0.3, 0.4) is 0 Å². The molecule has 0 aliphatic rings. The Morgan fingerprint density at radius 3 is 2.36 bits per heavy atom. The van der Waals surface area contributed by atoms with E-state index in [-0.39, 0.29) is 34.8 Å². The summed E-state index contributed by atoms with van der Waals surface area (Å²) in [7, 11) is 3.24. The van der Waals surface area contributed by atoms with Gasteiger partial charge in [0.05, 0.1) is 16.6 Å². The van der Waals surface area contributed by atoms with Crippen molar-refractivity contribution in [1.82, 2.24) is 19.4 Å². The molecule has 0 saturated carbocycles. The number of anilines is 2. The van der Waals surface area contributed by atoms with E-state index in [0.29, 0.717) is 28.3 Å². The highest BCUT2D eigenvalue weighted by Crippen LogP contribution is 2.33. The molecule has 0 fully saturated rings. The molecule has 2 unspecified atom stereocenters. The number of halogens is 1. The number of nitrogens with zero attached hydrogens (tertiary/aromatic N) is 5. The zero-order valence-corrected chi connectivity index (χ0v) is 26.4. The molecule has 1 N–H and O–H groups in total. The van der Waals surface area contributed by atoms with Gasteiger partial charge in [0.2, 0.25) is 0 Å². The number of rotatable bonds is 10. The van der Waals surface area contributed by atoms with Gasteiger partial charge in [0.1, 0.15) is 35.3 Å². The first-order valence-corrected chi connectivity index (χ1v) is 14.5. The average molecular weight is 581 g/mol. The Hall–Kier alpha value is -4.00. The number of carbonyl (C=O) groups excluding carboxylic acids is 2. The number of hydrogen-bond donors (Lipinski definition) is 1. The zero-order valence-electron chi connectivity index (χ0n) is 26.4. The Labute approximate surface area is 249 Å². The lowest BCUT2D eigenvalue weighted by Crippen LogP contribution is -2.21. The van der Waals surface area contributed by atoms with E-state index < -0.39 is 5.82 Å². The summed E-state index contributed by atoms with van der Waals surface area (Å²) in [6.07, 6.45) is 8.51. The van der Waals surface area contributed by atoms with Crippen molar-refractivity contribution < 1.29 is 18.7 Å². The third kappa shape index (κ3) is 9.54. The minimum atomic E-state index is -0.574. The van der Waals surface area contributed by atoms with Crippen LogP contribution in [0.1, 0.15) is 103 Å². The number of aromatic nitrogens is 3. The van der Waals surface area contributed by atoms with Crippen LogP contribution in [0, 0.1) is 23.1 Å².